The monoisotopic (exact) mass is 538 g/mol. The van der Waals surface area contributed by atoms with Crippen LogP contribution in [0.5, 0.6) is 0 Å². The molecule has 7 heteroatoms. The lowest BCUT2D eigenvalue weighted by Crippen LogP contribution is -2.31. The predicted octanol–water partition coefficient (Wildman–Crippen LogP) is 7.27. The molecule has 1 amide bonds. The van der Waals surface area contributed by atoms with Crippen LogP contribution in [-0.2, 0) is 20.7 Å². The summed E-state index contributed by atoms with van der Waals surface area (Å²) in [6.07, 6.45) is 4.19. The van der Waals surface area contributed by atoms with Gasteiger partial charge in [0.1, 0.15) is 5.60 Å². The molecule has 4 aromatic rings. The Kier molecular flexibility index (Phi) is 8.19. The highest BCUT2D eigenvalue weighted by Crippen LogP contribution is 2.37. The third kappa shape index (κ3) is 6.89. The van der Waals surface area contributed by atoms with Crippen LogP contribution in [0.1, 0.15) is 69.9 Å². The van der Waals surface area contributed by atoms with E-state index in [-0.39, 0.29) is 24.2 Å². The highest BCUT2D eigenvalue weighted by Gasteiger charge is 2.30. The maximum atomic E-state index is 13.1. The van der Waals surface area contributed by atoms with Crippen molar-refractivity contribution in [2.24, 2.45) is 0 Å². The van der Waals surface area contributed by atoms with Crippen molar-refractivity contribution in [1.29, 1.82) is 0 Å². The highest BCUT2D eigenvalue weighted by atomic mass is 16.6. The molecule has 1 atom stereocenters. The Labute approximate surface area is 236 Å². The lowest BCUT2D eigenvalue weighted by Gasteiger charge is -2.25. The van der Waals surface area contributed by atoms with Crippen molar-refractivity contribution in [2.45, 2.75) is 70.8 Å². The average Bonchev–Trinajstić information content (AvgIpc) is 3.28. The summed E-state index contributed by atoms with van der Waals surface area (Å²) in [5.74, 6) is 0.614. The first-order valence-electron chi connectivity index (χ1n) is 14.2. The number of para-hydroxylation sites is 3. The molecule has 40 heavy (non-hydrogen) atoms. The minimum absolute atomic E-state index is 0.0216. The summed E-state index contributed by atoms with van der Waals surface area (Å²) in [6, 6.07) is 24.4. The van der Waals surface area contributed by atoms with Gasteiger partial charge in [-0.15, -0.1) is 0 Å². The Hall–Kier alpha value is -4.13. The number of amides is 1. The molecule has 7 nitrogen and oxygen atoms in total. The quantitative estimate of drug-likeness (QED) is 0.173. The van der Waals surface area contributed by atoms with Gasteiger partial charge in [-0.25, -0.2) is 4.98 Å². The average molecular weight is 539 g/mol. The smallest absolute Gasteiger partial charge is 0.306 e. The summed E-state index contributed by atoms with van der Waals surface area (Å²) in [6.45, 7) is 6.31. The molecular weight excluding hydrogens is 500 g/mol. The number of esters is 1. The number of H-pyrrole nitrogens is 1. The van der Waals surface area contributed by atoms with Crippen molar-refractivity contribution < 1.29 is 14.3 Å². The lowest BCUT2D eigenvalue weighted by atomic mass is 9.91. The molecule has 208 valence electrons. The Morgan fingerprint density at radius 2 is 1.77 bits per heavy atom. The fraction of sp³-hybridized carbons (Fsp3) is 0.364. The van der Waals surface area contributed by atoms with E-state index in [0.29, 0.717) is 19.4 Å². The van der Waals surface area contributed by atoms with Gasteiger partial charge in [0.2, 0.25) is 11.9 Å². The third-order valence-corrected chi connectivity index (χ3v) is 7.21. The molecule has 0 saturated heterocycles. The maximum absolute atomic E-state index is 13.1. The van der Waals surface area contributed by atoms with Gasteiger partial charge in [0, 0.05) is 24.3 Å². The second-order valence-electron chi connectivity index (χ2n) is 11.5. The molecule has 3 aromatic carbocycles. The Bertz CT molecular complexity index is 1440. The van der Waals surface area contributed by atoms with Crippen LogP contribution in [0, 0.1) is 0 Å². The number of rotatable bonds is 9. The van der Waals surface area contributed by atoms with Crippen LogP contribution in [0.25, 0.3) is 11.0 Å². The third-order valence-electron chi connectivity index (χ3n) is 7.21. The minimum atomic E-state index is -0.519. The van der Waals surface area contributed by atoms with E-state index >= 15 is 0 Å². The van der Waals surface area contributed by atoms with E-state index in [4.69, 9.17) is 4.74 Å². The van der Waals surface area contributed by atoms with Gasteiger partial charge in [0.05, 0.1) is 17.5 Å². The number of carbonyl (C=O) groups is 2. The van der Waals surface area contributed by atoms with Gasteiger partial charge in [-0.2, -0.15) is 0 Å². The number of fused-ring (bicyclic) bond motifs is 2. The second-order valence-corrected chi connectivity index (χ2v) is 11.5. The first kappa shape index (κ1) is 27.4. The maximum Gasteiger partial charge on any atom is 0.306 e. The number of ether oxygens (including phenoxy) is 1. The molecule has 0 fully saturated rings. The normalized spacial score (nSPS) is 15.5. The lowest BCUT2D eigenvalue weighted by molar-refractivity contribution is -0.155. The van der Waals surface area contributed by atoms with E-state index in [1.807, 2.05) is 68.1 Å². The Morgan fingerprint density at radius 1 is 1.02 bits per heavy atom. The Balaban J connectivity index is 1.16. The number of anilines is 3. The van der Waals surface area contributed by atoms with Crippen LogP contribution in [0.4, 0.5) is 17.3 Å². The molecule has 1 aliphatic rings. The molecule has 5 rings (SSSR count). The SMILES string of the molecule is CC(C)(C)OC(=O)CC1CCC(=O)N(CCCCc2ccc(Nc3nc4ccccc4[nH]3)cc2)c2ccccc21. The van der Waals surface area contributed by atoms with Crippen LogP contribution in [0.3, 0.4) is 0 Å². The predicted molar refractivity (Wildman–Crippen MR) is 160 cm³/mol. The summed E-state index contributed by atoms with van der Waals surface area (Å²) in [5, 5.41) is 3.34. The van der Waals surface area contributed by atoms with E-state index in [1.54, 1.807) is 0 Å². The first-order chi connectivity index (χ1) is 19.2. The van der Waals surface area contributed by atoms with Gasteiger partial charge < -0.3 is 19.9 Å². The standard InChI is InChI=1S/C33H38N4O3/c1-33(2,3)40-31(39)22-24-17-20-30(38)37(29-14-7-4-11-26(24)29)21-9-8-10-23-15-18-25(19-16-23)34-32-35-27-12-5-6-13-28(27)36-32/h4-7,11-16,18-19,24H,8-10,17,20-22H2,1-3H3,(H2,34,35,36). The summed E-state index contributed by atoms with van der Waals surface area (Å²) in [4.78, 5) is 35.5. The fourth-order valence-electron chi connectivity index (χ4n) is 5.35. The van der Waals surface area contributed by atoms with Gasteiger partial charge in [-0.3, -0.25) is 9.59 Å². The van der Waals surface area contributed by atoms with Gasteiger partial charge in [0.15, 0.2) is 0 Å². The molecular formula is C33H38N4O3. The number of hydrogen-bond donors (Lipinski definition) is 2. The highest BCUT2D eigenvalue weighted by molar-refractivity contribution is 5.95. The molecule has 2 N–H and O–H groups in total. The number of aromatic nitrogens is 2. The molecule has 0 radical (unpaired) electrons. The topological polar surface area (TPSA) is 87.3 Å². The molecule has 0 spiro atoms. The number of aromatic amines is 1. The summed E-state index contributed by atoms with van der Waals surface area (Å²) in [5.41, 5.74) is 5.66. The number of unbranched alkanes of at least 4 members (excludes halogenated alkanes) is 1. The largest absolute Gasteiger partial charge is 0.460 e. The van der Waals surface area contributed by atoms with Crippen LogP contribution < -0.4 is 10.2 Å². The van der Waals surface area contributed by atoms with Crippen molar-refractivity contribution in [3.8, 4) is 0 Å². The van der Waals surface area contributed by atoms with Crippen molar-refractivity contribution >= 4 is 40.2 Å². The second kappa shape index (κ2) is 11.9. The van der Waals surface area contributed by atoms with Crippen molar-refractivity contribution in [3.05, 3.63) is 83.9 Å². The van der Waals surface area contributed by atoms with Crippen LogP contribution >= 0.6 is 0 Å². The minimum Gasteiger partial charge on any atom is -0.460 e. The first-order valence-corrected chi connectivity index (χ1v) is 14.2. The molecule has 1 aliphatic heterocycles. The molecule has 0 bridgehead atoms. The zero-order chi connectivity index (χ0) is 28.1. The van der Waals surface area contributed by atoms with Gasteiger partial charge in [0.25, 0.3) is 0 Å². The number of hydrogen-bond acceptors (Lipinski definition) is 5. The molecule has 0 saturated carbocycles. The Morgan fingerprint density at radius 3 is 2.55 bits per heavy atom. The van der Waals surface area contributed by atoms with Crippen LogP contribution in [0.2, 0.25) is 0 Å². The fourth-order valence-corrected chi connectivity index (χ4v) is 5.35. The van der Waals surface area contributed by atoms with Gasteiger partial charge in [-0.05, 0) is 93.8 Å². The summed E-state index contributed by atoms with van der Waals surface area (Å²) < 4.78 is 5.57. The molecule has 1 unspecified atom stereocenters. The number of carbonyl (C=O) groups excluding carboxylic acids is 2. The number of imidazole rings is 1. The van der Waals surface area contributed by atoms with Gasteiger partial charge in [-0.1, -0.05) is 42.5 Å². The van der Waals surface area contributed by atoms with E-state index in [0.717, 1.165) is 53.2 Å². The number of benzene rings is 3. The molecule has 1 aromatic heterocycles. The summed E-state index contributed by atoms with van der Waals surface area (Å²) in [7, 11) is 0. The number of nitrogens with one attached hydrogen (secondary N) is 2. The molecule has 2 heterocycles. The van der Waals surface area contributed by atoms with Gasteiger partial charge >= 0.3 is 5.97 Å². The molecule has 0 aliphatic carbocycles. The van der Waals surface area contributed by atoms with E-state index in [1.165, 1.54) is 5.56 Å². The van der Waals surface area contributed by atoms with E-state index in [9.17, 15) is 9.59 Å². The number of nitrogens with zero attached hydrogens (tertiary/aromatic N) is 2. The summed E-state index contributed by atoms with van der Waals surface area (Å²) >= 11 is 0. The zero-order valence-electron chi connectivity index (χ0n) is 23.6. The van der Waals surface area contributed by atoms with Crippen LogP contribution in [0.15, 0.2) is 72.8 Å². The number of aryl methyl sites for hydroxylation is 1. The van der Waals surface area contributed by atoms with Crippen molar-refractivity contribution in [2.75, 3.05) is 16.8 Å². The van der Waals surface area contributed by atoms with E-state index < -0.39 is 5.60 Å². The van der Waals surface area contributed by atoms with E-state index in [2.05, 4.69) is 45.6 Å². The van der Waals surface area contributed by atoms with Crippen LogP contribution in [-0.4, -0.2) is 34.0 Å². The van der Waals surface area contributed by atoms with Crippen molar-refractivity contribution in [1.82, 2.24) is 9.97 Å². The zero-order valence-corrected chi connectivity index (χ0v) is 23.6. The van der Waals surface area contributed by atoms with Crippen molar-refractivity contribution in [3.63, 3.8) is 0 Å².